The van der Waals surface area contributed by atoms with E-state index < -0.39 is 0 Å². The molecule has 0 bridgehead atoms. The van der Waals surface area contributed by atoms with Crippen molar-refractivity contribution in [2.45, 2.75) is 32.9 Å². The average molecular weight is 370 g/mol. The van der Waals surface area contributed by atoms with Gasteiger partial charge in [0.1, 0.15) is 6.04 Å². The maximum atomic E-state index is 13.3. The third-order valence-electron chi connectivity index (χ3n) is 5.58. The first kappa shape index (κ1) is 17.9. The molecule has 2 amide bonds. The number of nitrogens with zero attached hydrogens (tertiary/aromatic N) is 6. The summed E-state index contributed by atoms with van der Waals surface area (Å²) in [5, 5.41) is 5.20. The number of fused-ring (bicyclic) bond motifs is 2. The van der Waals surface area contributed by atoms with Crippen LogP contribution in [0, 0.1) is 6.92 Å². The van der Waals surface area contributed by atoms with Gasteiger partial charge in [0, 0.05) is 51.5 Å². The summed E-state index contributed by atoms with van der Waals surface area (Å²) in [6, 6.07) is 1.76. The molecule has 4 heterocycles. The fraction of sp³-hybridized carbons (Fsp3) is 0.579. The average Bonchev–Trinajstić information content (AvgIpc) is 3.07. The van der Waals surface area contributed by atoms with E-state index in [1.807, 2.05) is 38.6 Å². The molecule has 2 fully saturated rings. The number of aryl methyl sites for hydroxylation is 1. The first-order valence-electron chi connectivity index (χ1n) is 9.50. The van der Waals surface area contributed by atoms with Crippen LogP contribution in [0.25, 0.3) is 11.0 Å². The second kappa shape index (κ2) is 6.60. The largest absolute Gasteiger partial charge is 0.343 e. The predicted molar refractivity (Wildman–Crippen MR) is 102 cm³/mol. The summed E-state index contributed by atoms with van der Waals surface area (Å²) in [6.45, 7) is 9.40. The zero-order valence-corrected chi connectivity index (χ0v) is 16.3. The van der Waals surface area contributed by atoms with E-state index in [4.69, 9.17) is 0 Å². The number of pyridine rings is 1. The number of likely N-dealkylation sites (N-methyl/N-ethyl adjacent to an activating group) is 1. The number of amides is 2. The number of piperazine rings is 2. The lowest BCUT2D eigenvalue weighted by Crippen LogP contribution is -2.64. The van der Waals surface area contributed by atoms with Crippen molar-refractivity contribution in [1.82, 2.24) is 29.5 Å². The van der Waals surface area contributed by atoms with Crippen LogP contribution in [0.3, 0.4) is 0 Å². The molecule has 2 saturated heterocycles. The van der Waals surface area contributed by atoms with E-state index in [1.165, 1.54) is 0 Å². The van der Waals surface area contributed by atoms with Gasteiger partial charge in [-0.25, -0.2) is 9.67 Å². The Morgan fingerprint density at radius 3 is 2.70 bits per heavy atom. The van der Waals surface area contributed by atoms with Gasteiger partial charge in [-0.3, -0.25) is 14.5 Å². The predicted octanol–water partition coefficient (Wildman–Crippen LogP) is 0.919. The monoisotopic (exact) mass is 370 g/mol. The molecule has 2 aliphatic heterocycles. The molecule has 144 valence electrons. The molecular weight excluding hydrogens is 344 g/mol. The summed E-state index contributed by atoms with van der Waals surface area (Å²) < 4.78 is 1.84. The maximum Gasteiger partial charge on any atom is 0.254 e. The van der Waals surface area contributed by atoms with Gasteiger partial charge in [-0.05, 0) is 26.8 Å². The standard InChI is InChI=1S/C19H26N6O2/c1-12(2)25-17-15(10-20-25)14(9-13(3)21-17)18(26)24-8-7-23-6-5-22(4)19(27)16(23)11-24/h9-10,12,16H,5-8,11H2,1-4H3. The Labute approximate surface area is 158 Å². The Morgan fingerprint density at radius 1 is 1.22 bits per heavy atom. The number of hydrogen-bond acceptors (Lipinski definition) is 5. The highest BCUT2D eigenvalue weighted by Crippen LogP contribution is 2.24. The van der Waals surface area contributed by atoms with Crippen molar-refractivity contribution in [2.24, 2.45) is 0 Å². The second-order valence-corrected chi connectivity index (χ2v) is 7.79. The van der Waals surface area contributed by atoms with Crippen LogP contribution in [0.4, 0.5) is 0 Å². The van der Waals surface area contributed by atoms with Gasteiger partial charge in [0.25, 0.3) is 5.91 Å². The Bertz CT molecular complexity index is 905. The third kappa shape index (κ3) is 2.97. The van der Waals surface area contributed by atoms with Crippen LogP contribution >= 0.6 is 0 Å². The molecule has 0 aliphatic carbocycles. The van der Waals surface area contributed by atoms with E-state index in [9.17, 15) is 9.59 Å². The molecule has 4 rings (SSSR count). The Kier molecular flexibility index (Phi) is 4.38. The summed E-state index contributed by atoms with van der Waals surface area (Å²) in [5.74, 6) is 0.0527. The van der Waals surface area contributed by atoms with Crippen molar-refractivity contribution >= 4 is 22.8 Å². The lowest BCUT2D eigenvalue weighted by atomic mass is 10.1. The lowest BCUT2D eigenvalue weighted by Gasteiger charge is -2.45. The van der Waals surface area contributed by atoms with E-state index >= 15 is 0 Å². The summed E-state index contributed by atoms with van der Waals surface area (Å²) in [4.78, 5) is 36.2. The smallest absolute Gasteiger partial charge is 0.254 e. The Balaban J connectivity index is 1.66. The molecule has 1 unspecified atom stereocenters. The van der Waals surface area contributed by atoms with Gasteiger partial charge in [0.2, 0.25) is 5.91 Å². The molecule has 0 radical (unpaired) electrons. The van der Waals surface area contributed by atoms with Crippen molar-refractivity contribution in [3.63, 3.8) is 0 Å². The SMILES string of the molecule is Cc1cc(C(=O)N2CCN3CCN(C)C(=O)C3C2)c2cnn(C(C)C)c2n1. The van der Waals surface area contributed by atoms with Crippen molar-refractivity contribution in [2.75, 3.05) is 39.8 Å². The van der Waals surface area contributed by atoms with Crippen LogP contribution in [-0.2, 0) is 4.79 Å². The molecule has 0 saturated carbocycles. The molecule has 2 aliphatic rings. The summed E-state index contributed by atoms with van der Waals surface area (Å²) in [5.41, 5.74) is 2.15. The molecule has 2 aromatic rings. The highest BCUT2D eigenvalue weighted by atomic mass is 16.2. The van der Waals surface area contributed by atoms with Crippen LogP contribution in [0.2, 0.25) is 0 Å². The second-order valence-electron chi connectivity index (χ2n) is 7.79. The van der Waals surface area contributed by atoms with E-state index in [-0.39, 0.29) is 23.9 Å². The van der Waals surface area contributed by atoms with Crippen LogP contribution in [-0.4, -0.2) is 87.1 Å². The Hall–Kier alpha value is -2.48. The molecule has 2 aromatic heterocycles. The number of rotatable bonds is 2. The molecular formula is C19H26N6O2. The summed E-state index contributed by atoms with van der Waals surface area (Å²) in [7, 11) is 1.83. The van der Waals surface area contributed by atoms with Crippen LogP contribution in [0.1, 0.15) is 35.9 Å². The number of aromatic nitrogens is 3. The first-order chi connectivity index (χ1) is 12.9. The molecule has 27 heavy (non-hydrogen) atoms. The molecule has 0 N–H and O–H groups in total. The molecule has 8 heteroatoms. The zero-order valence-electron chi connectivity index (χ0n) is 16.3. The van der Waals surface area contributed by atoms with E-state index in [0.717, 1.165) is 36.4 Å². The minimum Gasteiger partial charge on any atom is -0.343 e. The van der Waals surface area contributed by atoms with Crippen molar-refractivity contribution in [1.29, 1.82) is 0 Å². The van der Waals surface area contributed by atoms with Gasteiger partial charge in [-0.15, -0.1) is 0 Å². The van der Waals surface area contributed by atoms with Gasteiger partial charge in [0.05, 0.1) is 17.1 Å². The number of hydrogen-bond donors (Lipinski definition) is 0. The van der Waals surface area contributed by atoms with Crippen molar-refractivity contribution in [3.05, 3.63) is 23.5 Å². The van der Waals surface area contributed by atoms with Crippen LogP contribution in [0.5, 0.6) is 0 Å². The third-order valence-corrected chi connectivity index (χ3v) is 5.58. The minimum absolute atomic E-state index is 0.0468. The normalized spacial score (nSPS) is 21.2. The summed E-state index contributed by atoms with van der Waals surface area (Å²) >= 11 is 0. The van der Waals surface area contributed by atoms with Gasteiger partial charge in [-0.1, -0.05) is 0 Å². The molecule has 1 atom stereocenters. The fourth-order valence-corrected chi connectivity index (χ4v) is 4.02. The van der Waals surface area contributed by atoms with Crippen molar-refractivity contribution < 1.29 is 9.59 Å². The topological polar surface area (TPSA) is 74.6 Å². The maximum absolute atomic E-state index is 13.3. The van der Waals surface area contributed by atoms with Gasteiger partial charge in [-0.2, -0.15) is 5.10 Å². The number of carbonyl (C=O) groups excluding carboxylic acids is 2. The molecule has 8 nitrogen and oxygen atoms in total. The van der Waals surface area contributed by atoms with E-state index in [1.54, 1.807) is 16.0 Å². The fourth-order valence-electron chi connectivity index (χ4n) is 4.02. The van der Waals surface area contributed by atoms with Gasteiger partial charge < -0.3 is 9.80 Å². The highest BCUT2D eigenvalue weighted by Gasteiger charge is 2.39. The van der Waals surface area contributed by atoms with Gasteiger partial charge in [0.15, 0.2) is 5.65 Å². The summed E-state index contributed by atoms with van der Waals surface area (Å²) in [6.07, 6.45) is 1.73. The van der Waals surface area contributed by atoms with Crippen molar-refractivity contribution in [3.8, 4) is 0 Å². The number of carbonyl (C=O) groups is 2. The first-order valence-corrected chi connectivity index (χ1v) is 9.50. The lowest BCUT2D eigenvalue weighted by molar-refractivity contribution is -0.142. The quantitative estimate of drug-likeness (QED) is 0.786. The zero-order chi connectivity index (χ0) is 19.3. The molecule has 0 spiro atoms. The minimum atomic E-state index is -0.238. The highest BCUT2D eigenvalue weighted by molar-refractivity contribution is 6.05. The Morgan fingerprint density at radius 2 is 1.96 bits per heavy atom. The molecule has 0 aromatic carbocycles. The van der Waals surface area contributed by atoms with E-state index in [2.05, 4.69) is 15.0 Å². The van der Waals surface area contributed by atoms with Crippen LogP contribution in [0.15, 0.2) is 12.3 Å². The van der Waals surface area contributed by atoms with Gasteiger partial charge >= 0.3 is 0 Å². The van der Waals surface area contributed by atoms with E-state index in [0.29, 0.717) is 18.7 Å². The van der Waals surface area contributed by atoms with Crippen LogP contribution < -0.4 is 0 Å².